The van der Waals surface area contributed by atoms with Gasteiger partial charge in [0.15, 0.2) is 10.9 Å². The van der Waals surface area contributed by atoms with Crippen molar-refractivity contribution in [1.82, 2.24) is 29.9 Å². The minimum atomic E-state index is -0.0940. The Morgan fingerprint density at radius 1 is 0.442 bits per heavy atom. The van der Waals surface area contributed by atoms with Crippen LogP contribution in [0.15, 0.2) is 120 Å². The van der Waals surface area contributed by atoms with Crippen LogP contribution in [0.3, 0.4) is 0 Å². The molecule has 6 aromatic rings. The molecule has 0 atom stereocenters. The van der Waals surface area contributed by atoms with Crippen molar-refractivity contribution < 1.29 is 19.8 Å². The van der Waals surface area contributed by atoms with Gasteiger partial charge in [0.05, 0.1) is 34.2 Å². The van der Waals surface area contributed by atoms with E-state index < -0.39 is 0 Å². The molecule has 2 N–H and O–H groups in total. The van der Waals surface area contributed by atoms with E-state index in [1.165, 1.54) is 46.5 Å². The first-order valence-electron chi connectivity index (χ1n) is 13.4. The number of H-pyrrole nitrogens is 2. The van der Waals surface area contributed by atoms with Crippen molar-refractivity contribution in [3.8, 4) is 34.2 Å². The molecule has 9 heteroatoms. The van der Waals surface area contributed by atoms with Gasteiger partial charge in [0.1, 0.15) is 0 Å². The van der Waals surface area contributed by atoms with Gasteiger partial charge in [-0.25, -0.2) is 0 Å². The van der Waals surface area contributed by atoms with Crippen LogP contribution in [0.2, 0.25) is 0 Å². The third-order valence-electron chi connectivity index (χ3n) is 6.02. The van der Waals surface area contributed by atoms with Crippen molar-refractivity contribution in [2.24, 2.45) is 0 Å². The number of hydrogen-bond acceptors (Lipinski definition) is 6. The molecule has 0 fully saturated rings. The summed E-state index contributed by atoms with van der Waals surface area (Å²) in [6, 6.07) is 21.8. The first-order chi connectivity index (χ1) is 20.3. The molecule has 6 aromatic heterocycles. The molecule has 0 spiro atoms. The van der Waals surface area contributed by atoms with Crippen LogP contribution in [-0.2, 0) is 19.8 Å². The Morgan fingerprint density at radius 2 is 0.721 bits per heavy atom. The molecule has 0 aromatic carbocycles. The van der Waals surface area contributed by atoms with Crippen molar-refractivity contribution in [3.05, 3.63) is 153 Å². The van der Waals surface area contributed by atoms with Crippen molar-refractivity contribution in [3.63, 3.8) is 0 Å². The summed E-state index contributed by atoms with van der Waals surface area (Å²) in [4.78, 5) is 45.0. The molecule has 218 valence electrons. The summed E-state index contributed by atoms with van der Waals surface area (Å²) in [7, 11) is 0. The summed E-state index contributed by atoms with van der Waals surface area (Å²) < 4.78 is 0. The second-order valence-electron chi connectivity index (χ2n) is 9.75. The molecule has 6 heterocycles. The van der Waals surface area contributed by atoms with Gasteiger partial charge in [-0.2, -0.15) is 0 Å². The average molecular weight is 747 g/mol. The van der Waals surface area contributed by atoms with E-state index in [0.717, 1.165) is 22.8 Å². The van der Waals surface area contributed by atoms with Gasteiger partial charge >= 0.3 is 0 Å². The summed E-state index contributed by atoms with van der Waals surface area (Å²) in [6.45, 7) is 8.23. The number of nitrogens with zero attached hydrogens (tertiary/aromatic N) is 4. The first kappa shape index (κ1) is 32.6. The molecule has 0 unspecified atom stereocenters. The van der Waals surface area contributed by atoms with Crippen LogP contribution >= 0.6 is 0 Å². The maximum absolute atomic E-state index is 11.0. The summed E-state index contributed by atoms with van der Waals surface area (Å²) >= 11 is 0. The molecule has 0 bridgehead atoms. The Bertz CT molecular complexity index is 1680. The third kappa shape index (κ3) is 10.2. The zero-order chi connectivity index (χ0) is 29.9. The molecule has 0 aliphatic rings. The number of hydrogen-bond donors (Lipinski definition) is 2. The molecule has 0 amide bonds. The van der Waals surface area contributed by atoms with Crippen molar-refractivity contribution in [2.45, 2.75) is 27.7 Å². The molecule has 43 heavy (non-hydrogen) atoms. The predicted molar refractivity (Wildman–Crippen MR) is 167 cm³/mol. The van der Waals surface area contributed by atoms with Crippen LogP contribution in [-0.4, -0.2) is 29.9 Å². The molecule has 0 saturated carbocycles. The molecule has 6 rings (SSSR count). The zero-order valence-electron chi connectivity index (χ0n) is 24.4. The molecular formula is C34H32N6O2Os. The Hall–Kier alpha value is -4.86. The quantitative estimate of drug-likeness (QED) is 0.221. The van der Waals surface area contributed by atoms with Gasteiger partial charge in [-0.15, -0.1) is 0 Å². The fraction of sp³-hybridized carbons (Fsp3) is 0.118. The van der Waals surface area contributed by atoms with E-state index in [1.807, 2.05) is 73.3 Å². The van der Waals surface area contributed by atoms with Crippen LogP contribution in [0.4, 0.5) is 0 Å². The monoisotopic (exact) mass is 748 g/mol. The maximum atomic E-state index is 11.0. The number of aromatic nitrogens is 6. The topological polar surface area (TPSA) is 117 Å². The molecule has 0 radical (unpaired) electrons. The first-order valence-corrected chi connectivity index (χ1v) is 13.4. The maximum Gasteiger partial charge on any atom is 0.182 e. The molecule has 0 aliphatic heterocycles. The van der Waals surface area contributed by atoms with Crippen molar-refractivity contribution >= 4 is 0 Å². The van der Waals surface area contributed by atoms with Gasteiger partial charge in [-0.05, 0) is 98.5 Å². The Kier molecular flexibility index (Phi) is 12.1. The van der Waals surface area contributed by atoms with Gasteiger partial charge in [-0.3, -0.25) is 29.5 Å². The molecule has 8 nitrogen and oxygen atoms in total. The van der Waals surface area contributed by atoms with Gasteiger partial charge in [0.25, 0.3) is 0 Å². The number of aryl methyl sites for hydroxylation is 4. The number of nitrogens with one attached hydrogen (secondary N) is 2. The van der Waals surface area contributed by atoms with E-state index in [1.54, 1.807) is 12.4 Å². The predicted octanol–water partition coefficient (Wildman–Crippen LogP) is 6.25. The number of rotatable bonds is 3. The second kappa shape index (κ2) is 16.0. The van der Waals surface area contributed by atoms with Gasteiger partial charge < -0.3 is 9.97 Å². The summed E-state index contributed by atoms with van der Waals surface area (Å²) in [5.41, 5.74) is 9.61. The summed E-state index contributed by atoms with van der Waals surface area (Å²) in [5, 5.41) is 0. The summed E-state index contributed by atoms with van der Waals surface area (Å²) in [6.07, 6.45) is 10.3. The van der Waals surface area contributed by atoms with E-state index in [0.29, 0.717) is 11.4 Å². The number of pyridine rings is 6. The van der Waals surface area contributed by atoms with E-state index in [9.17, 15) is 9.59 Å². The fourth-order valence-electron chi connectivity index (χ4n) is 3.91. The zero-order valence-corrected chi connectivity index (χ0v) is 26.9. The van der Waals surface area contributed by atoms with Crippen LogP contribution in [0, 0.1) is 27.7 Å². The van der Waals surface area contributed by atoms with Crippen molar-refractivity contribution in [2.75, 3.05) is 0 Å². The second-order valence-corrected chi connectivity index (χ2v) is 9.75. The molecule has 0 saturated heterocycles. The fourth-order valence-corrected chi connectivity index (χ4v) is 3.91. The Morgan fingerprint density at radius 3 is 0.953 bits per heavy atom. The average Bonchev–Trinajstić information content (AvgIpc) is 2.98. The van der Waals surface area contributed by atoms with E-state index in [2.05, 4.69) is 57.6 Å². The van der Waals surface area contributed by atoms with Crippen LogP contribution < -0.4 is 10.9 Å². The molecular weight excluding hydrogens is 715 g/mol. The van der Waals surface area contributed by atoms with Crippen molar-refractivity contribution in [1.29, 1.82) is 0 Å². The Balaban J connectivity index is 0.000000175. The van der Waals surface area contributed by atoms with Crippen LogP contribution in [0.25, 0.3) is 34.2 Å². The van der Waals surface area contributed by atoms with E-state index in [-0.39, 0.29) is 30.6 Å². The van der Waals surface area contributed by atoms with Gasteiger partial charge in [0, 0.05) is 81.2 Å². The largest absolute Gasteiger partial charge is 0.360 e. The van der Waals surface area contributed by atoms with Crippen LogP contribution in [0.5, 0.6) is 0 Å². The Labute approximate surface area is 263 Å². The SMILES string of the molecule is Cc1ccnc(-c2cc(C)ccn2)c1.Cc1ccnc(-c2cc(C)ccn2)c1.O=c1cc[nH]c(-c2cc(=O)cc[nH]2)c1.[Os]. The normalized spacial score (nSPS) is 9.86. The minimum absolute atomic E-state index is 0. The van der Waals surface area contributed by atoms with Gasteiger partial charge in [-0.1, -0.05) is 0 Å². The number of aromatic amines is 2. The standard InChI is InChI=1S/2C12H12N2.C10H8N2O2.Os/c2*1-9-3-5-13-11(7-9)12-8-10(2)4-6-14-12;13-7-1-3-11-9(5-7)10-6-8(14)2-4-12-10;/h2*3-8H,1-2H3;1-6H,(H,11,13)(H,12,14);. The van der Waals surface area contributed by atoms with E-state index in [4.69, 9.17) is 0 Å². The summed E-state index contributed by atoms with van der Waals surface area (Å²) in [5.74, 6) is 0. The van der Waals surface area contributed by atoms with Crippen LogP contribution in [0.1, 0.15) is 22.3 Å². The third-order valence-corrected chi connectivity index (χ3v) is 6.02. The minimum Gasteiger partial charge on any atom is -0.360 e. The van der Waals surface area contributed by atoms with E-state index >= 15 is 0 Å². The van der Waals surface area contributed by atoms with Gasteiger partial charge in [0.2, 0.25) is 0 Å². The molecule has 0 aliphatic carbocycles. The smallest absolute Gasteiger partial charge is 0.182 e.